The van der Waals surface area contributed by atoms with Crippen molar-refractivity contribution in [2.75, 3.05) is 6.54 Å². The first kappa shape index (κ1) is 10.5. The van der Waals surface area contributed by atoms with E-state index in [2.05, 4.69) is 12.2 Å². The standard InChI is InChI=1S/C15H23NO/c1-15(13(17)2-3-16-15)14-11-5-9-4-10(7-11)8-12(14)6-9/h9-12,14,16H,2-8H2,1H3. The van der Waals surface area contributed by atoms with Gasteiger partial charge in [0.2, 0.25) is 0 Å². The molecule has 94 valence electrons. The molecule has 1 atom stereocenters. The van der Waals surface area contributed by atoms with Gasteiger partial charge in [0, 0.05) is 13.0 Å². The maximum absolute atomic E-state index is 12.3. The van der Waals surface area contributed by atoms with Crippen molar-refractivity contribution in [1.29, 1.82) is 0 Å². The predicted molar refractivity (Wildman–Crippen MR) is 66.6 cm³/mol. The monoisotopic (exact) mass is 233 g/mol. The number of nitrogens with one attached hydrogen (secondary N) is 1. The Labute approximate surface area is 104 Å². The normalized spacial score (nSPS) is 56.8. The molecule has 5 aliphatic rings. The van der Waals surface area contributed by atoms with Crippen LogP contribution in [0.2, 0.25) is 0 Å². The van der Waals surface area contributed by atoms with Crippen LogP contribution in [0.25, 0.3) is 0 Å². The number of Topliss-reactive ketones (excluding diaryl/α,β-unsaturated/α-hetero) is 1. The minimum atomic E-state index is -0.164. The van der Waals surface area contributed by atoms with Gasteiger partial charge in [-0.15, -0.1) is 0 Å². The maximum atomic E-state index is 12.3. The first-order valence-electron chi connectivity index (χ1n) is 7.45. The number of ketones is 1. The lowest BCUT2D eigenvalue weighted by Crippen LogP contribution is -2.60. The highest BCUT2D eigenvalue weighted by atomic mass is 16.1. The lowest BCUT2D eigenvalue weighted by molar-refractivity contribution is -0.132. The fourth-order valence-corrected chi connectivity index (χ4v) is 5.97. The zero-order chi connectivity index (χ0) is 11.6. The molecule has 1 unspecified atom stereocenters. The van der Waals surface area contributed by atoms with E-state index in [0.717, 1.165) is 36.6 Å². The minimum absolute atomic E-state index is 0.164. The summed E-state index contributed by atoms with van der Waals surface area (Å²) in [7, 11) is 0. The fraction of sp³-hybridized carbons (Fsp3) is 0.933. The van der Waals surface area contributed by atoms with Crippen LogP contribution in [0.4, 0.5) is 0 Å². The van der Waals surface area contributed by atoms with Crippen molar-refractivity contribution in [3.8, 4) is 0 Å². The molecule has 0 spiro atoms. The van der Waals surface area contributed by atoms with E-state index in [1.54, 1.807) is 0 Å². The van der Waals surface area contributed by atoms with Crippen molar-refractivity contribution < 1.29 is 4.79 Å². The van der Waals surface area contributed by atoms with E-state index in [4.69, 9.17) is 0 Å². The molecule has 5 rings (SSSR count). The summed E-state index contributed by atoms with van der Waals surface area (Å²) >= 11 is 0. The van der Waals surface area contributed by atoms with Gasteiger partial charge in [0.15, 0.2) is 5.78 Å². The Balaban J connectivity index is 1.68. The smallest absolute Gasteiger partial charge is 0.154 e. The molecular weight excluding hydrogens is 210 g/mol. The van der Waals surface area contributed by atoms with Gasteiger partial charge in [-0.25, -0.2) is 0 Å². The molecule has 1 heterocycles. The Morgan fingerprint density at radius 1 is 1.06 bits per heavy atom. The van der Waals surface area contributed by atoms with Gasteiger partial charge in [0.25, 0.3) is 0 Å². The first-order chi connectivity index (χ1) is 8.17. The largest absolute Gasteiger partial charge is 0.304 e. The highest BCUT2D eigenvalue weighted by molar-refractivity contribution is 5.90. The van der Waals surface area contributed by atoms with Gasteiger partial charge in [-0.2, -0.15) is 0 Å². The summed E-state index contributed by atoms with van der Waals surface area (Å²) in [6.07, 6.45) is 7.94. The molecule has 0 amide bonds. The van der Waals surface area contributed by atoms with E-state index in [1.807, 2.05) is 0 Å². The van der Waals surface area contributed by atoms with Crippen LogP contribution in [-0.4, -0.2) is 17.9 Å². The number of carbonyl (C=O) groups excluding carboxylic acids is 1. The second-order valence-electron chi connectivity index (χ2n) is 7.26. The van der Waals surface area contributed by atoms with Crippen LogP contribution in [0.15, 0.2) is 0 Å². The number of hydrogen-bond acceptors (Lipinski definition) is 2. The number of carbonyl (C=O) groups is 1. The summed E-state index contributed by atoms with van der Waals surface area (Å²) in [4.78, 5) is 12.3. The van der Waals surface area contributed by atoms with Crippen molar-refractivity contribution in [3.05, 3.63) is 0 Å². The average molecular weight is 233 g/mol. The van der Waals surface area contributed by atoms with E-state index in [9.17, 15) is 4.79 Å². The summed E-state index contributed by atoms with van der Waals surface area (Å²) in [5.74, 6) is 4.87. The zero-order valence-corrected chi connectivity index (χ0v) is 10.7. The Bertz CT molecular complexity index is 336. The average Bonchev–Trinajstić information content (AvgIpc) is 2.58. The molecule has 0 aromatic rings. The Morgan fingerprint density at radius 2 is 1.65 bits per heavy atom. The Hall–Kier alpha value is -0.370. The van der Waals surface area contributed by atoms with Gasteiger partial charge >= 0.3 is 0 Å². The zero-order valence-electron chi connectivity index (χ0n) is 10.7. The van der Waals surface area contributed by atoms with Gasteiger partial charge in [0.05, 0.1) is 5.54 Å². The molecule has 1 N–H and O–H groups in total. The van der Waals surface area contributed by atoms with Gasteiger partial charge in [-0.1, -0.05) is 0 Å². The van der Waals surface area contributed by atoms with Gasteiger partial charge in [-0.05, 0) is 68.6 Å². The van der Waals surface area contributed by atoms with E-state index < -0.39 is 0 Å². The molecule has 17 heavy (non-hydrogen) atoms. The third-order valence-corrected chi connectivity index (χ3v) is 6.32. The lowest BCUT2D eigenvalue weighted by Gasteiger charge is -2.58. The van der Waals surface area contributed by atoms with Gasteiger partial charge in [0.1, 0.15) is 0 Å². The molecule has 0 aromatic heterocycles. The SMILES string of the molecule is CC1(C2C3CC4CC(C3)CC2C4)NCCC1=O. The summed E-state index contributed by atoms with van der Waals surface area (Å²) in [6.45, 7) is 3.12. The lowest BCUT2D eigenvalue weighted by atomic mass is 9.48. The number of hydrogen-bond donors (Lipinski definition) is 1. The fourth-order valence-electron chi connectivity index (χ4n) is 5.97. The van der Waals surface area contributed by atoms with Gasteiger partial charge in [-0.3, -0.25) is 4.79 Å². The van der Waals surface area contributed by atoms with Crippen molar-refractivity contribution in [2.24, 2.45) is 29.6 Å². The van der Waals surface area contributed by atoms with Crippen molar-refractivity contribution in [2.45, 2.75) is 51.0 Å². The molecule has 5 fully saturated rings. The highest BCUT2D eigenvalue weighted by Gasteiger charge is 2.57. The van der Waals surface area contributed by atoms with Crippen LogP contribution in [-0.2, 0) is 4.79 Å². The first-order valence-corrected chi connectivity index (χ1v) is 7.45. The predicted octanol–water partition coefficient (Wildman–Crippen LogP) is 2.38. The molecule has 0 radical (unpaired) electrons. The quantitative estimate of drug-likeness (QED) is 0.753. The highest BCUT2D eigenvalue weighted by Crippen LogP contribution is 2.59. The van der Waals surface area contributed by atoms with E-state index in [-0.39, 0.29) is 5.54 Å². The van der Waals surface area contributed by atoms with Crippen LogP contribution >= 0.6 is 0 Å². The topological polar surface area (TPSA) is 29.1 Å². The van der Waals surface area contributed by atoms with Crippen LogP contribution in [0, 0.1) is 29.6 Å². The number of rotatable bonds is 1. The minimum Gasteiger partial charge on any atom is -0.304 e. The third-order valence-electron chi connectivity index (χ3n) is 6.32. The molecular formula is C15H23NO. The van der Waals surface area contributed by atoms with E-state index >= 15 is 0 Å². The van der Waals surface area contributed by atoms with E-state index in [1.165, 1.54) is 32.1 Å². The maximum Gasteiger partial charge on any atom is 0.154 e. The molecule has 4 saturated carbocycles. The molecule has 0 aromatic carbocycles. The van der Waals surface area contributed by atoms with Gasteiger partial charge < -0.3 is 5.32 Å². The molecule has 1 saturated heterocycles. The van der Waals surface area contributed by atoms with E-state index in [0.29, 0.717) is 11.7 Å². The molecule has 2 nitrogen and oxygen atoms in total. The summed E-state index contributed by atoms with van der Waals surface area (Å²) < 4.78 is 0. The summed E-state index contributed by atoms with van der Waals surface area (Å²) in [5, 5.41) is 3.56. The van der Waals surface area contributed by atoms with Crippen LogP contribution in [0.5, 0.6) is 0 Å². The second kappa shape index (κ2) is 3.34. The van der Waals surface area contributed by atoms with Crippen molar-refractivity contribution >= 4 is 5.78 Å². The van der Waals surface area contributed by atoms with Crippen LogP contribution in [0.1, 0.15) is 45.4 Å². The summed E-state index contributed by atoms with van der Waals surface area (Å²) in [6, 6.07) is 0. The second-order valence-corrected chi connectivity index (χ2v) is 7.26. The molecule has 4 bridgehead atoms. The van der Waals surface area contributed by atoms with Crippen LogP contribution in [0.3, 0.4) is 0 Å². The van der Waals surface area contributed by atoms with Crippen molar-refractivity contribution in [3.63, 3.8) is 0 Å². The molecule has 4 aliphatic carbocycles. The molecule has 1 aliphatic heterocycles. The third kappa shape index (κ3) is 1.34. The summed E-state index contributed by atoms with van der Waals surface area (Å²) in [5.41, 5.74) is -0.164. The Morgan fingerprint density at radius 3 is 2.12 bits per heavy atom. The molecule has 2 heteroatoms. The Kier molecular flexibility index (Phi) is 2.07. The van der Waals surface area contributed by atoms with Crippen LogP contribution < -0.4 is 5.32 Å². The van der Waals surface area contributed by atoms with Crippen molar-refractivity contribution in [1.82, 2.24) is 5.32 Å².